The third kappa shape index (κ3) is 6.68. The second-order valence-corrected chi connectivity index (χ2v) is 6.27. The monoisotopic (exact) mass is 277 g/mol. The normalized spacial score (nSPS) is 11.7. The number of hydrogen-bond donors (Lipinski definition) is 2. The highest BCUT2D eigenvalue weighted by molar-refractivity contribution is 5.76. The maximum absolute atomic E-state index is 11.8. The van der Waals surface area contributed by atoms with E-state index in [2.05, 4.69) is 22.3 Å². The van der Waals surface area contributed by atoms with Gasteiger partial charge in [0.2, 0.25) is 5.91 Å². The molecule has 1 aromatic rings. The Morgan fingerprint density at radius 3 is 2.40 bits per heavy atom. The zero-order valence-corrected chi connectivity index (χ0v) is 13.1. The first-order valence-corrected chi connectivity index (χ1v) is 7.05. The van der Waals surface area contributed by atoms with Gasteiger partial charge in [0.05, 0.1) is 0 Å². The lowest BCUT2D eigenvalue weighted by Crippen LogP contribution is -2.34. The fourth-order valence-corrected chi connectivity index (χ4v) is 1.94. The van der Waals surface area contributed by atoms with Crippen LogP contribution in [0.15, 0.2) is 24.3 Å². The van der Waals surface area contributed by atoms with Crippen molar-refractivity contribution in [1.29, 1.82) is 0 Å². The molecule has 0 heterocycles. The van der Waals surface area contributed by atoms with Gasteiger partial charge >= 0.3 is 0 Å². The van der Waals surface area contributed by atoms with Crippen LogP contribution in [0.4, 0.5) is 0 Å². The molecule has 0 atom stereocenters. The third-order valence-electron chi connectivity index (χ3n) is 3.08. The van der Waals surface area contributed by atoms with Gasteiger partial charge in [-0.2, -0.15) is 0 Å². The average molecular weight is 277 g/mol. The van der Waals surface area contributed by atoms with E-state index in [1.54, 1.807) is 0 Å². The first-order valence-electron chi connectivity index (χ1n) is 7.05. The molecule has 1 amide bonds. The molecule has 0 aromatic heterocycles. The summed E-state index contributed by atoms with van der Waals surface area (Å²) in [6, 6.07) is 8.20. The van der Waals surface area contributed by atoms with Crippen molar-refractivity contribution in [2.75, 3.05) is 14.1 Å². The maximum Gasteiger partial charge on any atom is 0.220 e. The summed E-state index contributed by atoms with van der Waals surface area (Å²) >= 11 is 0. The highest BCUT2D eigenvalue weighted by Gasteiger charge is 2.13. The Morgan fingerprint density at radius 1 is 1.25 bits per heavy atom. The van der Waals surface area contributed by atoms with Crippen molar-refractivity contribution < 1.29 is 4.79 Å². The number of nitrogens with one attached hydrogen (secondary N) is 1. The Labute approximate surface area is 122 Å². The topological polar surface area (TPSA) is 58.4 Å². The molecule has 0 aliphatic heterocycles. The quantitative estimate of drug-likeness (QED) is 0.800. The Morgan fingerprint density at radius 2 is 1.85 bits per heavy atom. The largest absolute Gasteiger partial charge is 0.352 e. The summed E-state index contributed by atoms with van der Waals surface area (Å²) in [6.07, 6.45) is 1.16. The van der Waals surface area contributed by atoms with Crippen molar-refractivity contribution in [2.45, 2.75) is 45.3 Å². The Hall–Kier alpha value is -1.39. The van der Waals surface area contributed by atoms with Gasteiger partial charge in [0.1, 0.15) is 0 Å². The average Bonchev–Trinajstić information content (AvgIpc) is 2.34. The van der Waals surface area contributed by atoms with Crippen molar-refractivity contribution in [3.8, 4) is 0 Å². The molecular weight excluding hydrogens is 250 g/mol. The van der Waals surface area contributed by atoms with Gasteiger partial charge < -0.3 is 16.0 Å². The number of rotatable bonds is 7. The molecule has 0 fully saturated rings. The molecule has 0 saturated carbocycles. The van der Waals surface area contributed by atoms with E-state index in [-0.39, 0.29) is 11.4 Å². The Kier molecular flexibility index (Phi) is 6.17. The molecule has 1 rings (SSSR count). The van der Waals surface area contributed by atoms with Crippen LogP contribution in [0.3, 0.4) is 0 Å². The number of carbonyl (C=O) groups excluding carboxylic acids is 1. The van der Waals surface area contributed by atoms with E-state index in [0.717, 1.165) is 6.54 Å². The molecule has 0 bridgehead atoms. The van der Waals surface area contributed by atoms with Crippen molar-refractivity contribution in [3.63, 3.8) is 0 Å². The molecule has 1 aromatic carbocycles. The molecule has 0 spiro atoms. The minimum Gasteiger partial charge on any atom is -0.352 e. The molecule has 112 valence electrons. The van der Waals surface area contributed by atoms with Crippen LogP contribution in [0, 0.1) is 0 Å². The predicted octanol–water partition coefficient (Wildman–Crippen LogP) is 1.88. The van der Waals surface area contributed by atoms with Crippen LogP contribution < -0.4 is 11.1 Å². The third-order valence-corrected chi connectivity index (χ3v) is 3.08. The van der Waals surface area contributed by atoms with E-state index in [0.29, 0.717) is 19.4 Å². The fraction of sp³-hybridized carbons (Fsp3) is 0.562. The van der Waals surface area contributed by atoms with E-state index in [1.807, 2.05) is 40.1 Å². The molecule has 0 aliphatic carbocycles. The van der Waals surface area contributed by atoms with Gasteiger partial charge in [-0.15, -0.1) is 0 Å². The molecule has 0 radical (unpaired) electrons. The lowest BCUT2D eigenvalue weighted by Gasteiger charge is -2.18. The summed E-state index contributed by atoms with van der Waals surface area (Å²) in [7, 11) is 4.08. The smallest absolute Gasteiger partial charge is 0.220 e. The lowest BCUT2D eigenvalue weighted by atomic mass is 10.00. The summed E-state index contributed by atoms with van der Waals surface area (Å²) in [6.45, 7) is 5.33. The summed E-state index contributed by atoms with van der Waals surface area (Å²) in [4.78, 5) is 13.9. The lowest BCUT2D eigenvalue weighted by molar-refractivity contribution is -0.121. The number of amides is 1. The van der Waals surface area contributed by atoms with Gasteiger partial charge in [-0.25, -0.2) is 0 Å². The first-order chi connectivity index (χ1) is 9.28. The molecule has 0 aliphatic rings. The second-order valence-electron chi connectivity index (χ2n) is 6.27. The van der Waals surface area contributed by atoms with Gasteiger partial charge in [0.15, 0.2) is 0 Å². The molecule has 4 nitrogen and oxygen atoms in total. The van der Waals surface area contributed by atoms with Crippen LogP contribution in [0.25, 0.3) is 0 Å². The molecule has 3 N–H and O–H groups in total. The summed E-state index contributed by atoms with van der Waals surface area (Å²) in [5.74, 6) is 0.0585. The minimum atomic E-state index is -0.291. The number of hydrogen-bond acceptors (Lipinski definition) is 3. The Bertz CT molecular complexity index is 436. The number of carbonyl (C=O) groups is 1. The van der Waals surface area contributed by atoms with Crippen LogP contribution in [0.2, 0.25) is 0 Å². The minimum absolute atomic E-state index is 0.0585. The van der Waals surface area contributed by atoms with Crippen LogP contribution >= 0.6 is 0 Å². The molecular formula is C16H27N3O. The van der Waals surface area contributed by atoms with Crippen molar-refractivity contribution >= 4 is 5.91 Å². The van der Waals surface area contributed by atoms with Gasteiger partial charge in [0.25, 0.3) is 0 Å². The van der Waals surface area contributed by atoms with Crippen LogP contribution in [-0.2, 0) is 17.9 Å². The predicted molar refractivity (Wildman–Crippen MR) is 83.2 cm³/mol. The van der Waals surface area contributed by atoms with Crippen molar-refractivity contribution in [3.05, 3.63) is 35.4 Å². The fourth-order valence-electron chi connectivity index (χ4n) is 1.94. The van der Waals surface area contributed by atoms with E-state index in [1.165, 1.54) is 11.1 Å². The molecule has 4 heteroatoms. The number of nitrogens with zero attached hydrogens (tertiary/aromatic N) is 1. The highest BCUT2D eigenvalue weighted by Crippen LogP contribution is 2.11. The summed E-state index contributed by atoms with van der Waals surface area (Å²) in [5.41, 5.74) is 8.01. The van der Waals surface area contributed by atoms with E-state index >= 15 is 0 Å². The SMILES string of the molecule is CN(C)Cc1ccccc1CNC(=O)CCC(C)(C)N. The zero-order valence-electron chi connectivity index (χ0n) is 13.1. The van der Waals surface area contributed by atoms with Crippen LogP contribution in [0.1, 0.15) is 37.8 Å². The van der Waals surface area contributed by atoms with Gasteiger partial charge in [-0.3, -0.25) is 4.79 Å². The molecule has 20 heavy (non-hydrogen) atoms. The zero-order chi connectivity index (χ0) is 15.2. The summed E-state index contributed by atoms with van der Waals surface area (Å²) in [5, 5.41) is 2.97. The summed E-state index contributed by atoms with van der Waals surface area (Å²) < 4.78 is 0. The van der Waals surface area contributed by atoms with Gasteiger partial charge in [0, 0.05) is 25.0 Å². The van der Waals surface area contributed by atoms with Crippen LogP contribution in [0.5, 0.6) is 0 Å². The van der Waals surface area contributed by atoms with E-state index in [9.17, 15) is 4.79 Å². The van der Waals surface area contributed by atoms with Gasteiger partial charge in [-0.05, 0) is 45.5 Å². The molecule has 0 unspecified atom stereocenters. The number of benzene rings is 1. The standard InChI is InChI=1S/C16H27N3O/c1-16(2,17)10-9-15(20)18-11-13-7-5-6-8-14(13)12-19(3)4/h5-8H,9-12,17H2,1-4H3,(H,18,20). The van der Waals surface area contributed by atoms with Crippen molar-refractivity contribution in [1.82, 2.24) is 10.2 Å². The highest BCUT2D eigenvalue weighted by atomic mass is 16.1. The first kappa shape index (κ1) is 16.7. The van der Waals surface area contributed by atoms with Crippen LogP contribution in [-0.4, -0.2) is 30.4 Å². The van der Waals surface area contributed by atoms with Crippen molar-refractivity contribution in [2.24, 2.45) is 5.73 Å². The van der Waals surface area contributed by atoms with Gasteiger partial charge in [-0.1, -0.05) is 24.3 Å². The maximum atomic E-state index is 11.8. The van der Waals surface area contributed by atoms with E-state index < -0.39 is 0 Å². The second kappa shape index (κ2) is 7.41. The number of nitrogens with two attached hydrogens (primary N) is 1. The Balaban J connectivity index is 2.51. The molecule has 0 saturated heterocycles. The van der Waals surface area contributed by atoms with E-state index in [4.69, 9.17) is 5.73 Å².